The second kappa shape index (κ2) is 9.17. The third-order valence-electron chi connectivity index (χ3n) is 4.42. The van der Waals surface area contributed by atoms with Gasteiger partial charge in [0.25, 0.3) is 10.0 Å². The van der Waals surface area contributed by atoms with Crippen molar-refractivity contribution in [3.63, 3.8) is 0 Å². The number of esters is 1. The summed E-state index contributed by atoms with van der Waals surface area (Å²) in [5.41, 5.74) is -0.419. The maximum atomic E-state index is 13.4. The van der Waals surface area contributed by atoms with Crippen LogP contribution in [0.3, 0.4) is 0 Å². The predicted octanol–water partition coefficient (Wildman–Crippen LogP) is 4.94. The smallest absolute Gasteiger partial charge is 0.417 e. The molecule has 0 aliphatic heterocycles. The monoisotopic (exact) mass is 484 g/mol. The van der Waals surface area contributed by atoms with Gasteiger partial charge in [-0.15, -0.1) is 0 Å². The third kappa shape index (κ3) is 5.03. The number of hydrogen-bond acceptors (Lipinski definition) is 5. The van der Waals surface area contributed by atoms with Gasteiger partial charge in [0.1, 0.15) is 0 Å². The molecule has 1 aromatic heterocycles. The average Bonchev–Trinajstić information content (AvgIpc) is 2.77. The molecule has 0 amide bonds. The number of rotatable bonds is 6. The Bertz CT molecular complexity index is 1220. The lowest BCUT2D eigenvalue weighted by molar-refractivity contribution is -0.137. The van der Waals surface area contributed by atoms with Gasteiger partial charge in [0, 0.05) is 6.20 Å². The number of anilines is 1. The number of carbonyl (C=O) groups is 1. The number of alkyl halides is 3. The van der Waals surface area contributed by atoms with Crippen LogP contribution in [-0.4, -0.2) is 26.5 Å². The highest BCUT2D eigenvalue weighted by atomic mass is 35.5. The number of sulfonamides is 1. The van der Waals surface area contributed by atoms with E-state index < -0.39 is 32.8 Å². The fourth-order valence-electron chi connectivity index (χ4n) is 2.80. The maximum Gasteiger partial charge on any atom is 0.417 e. The van der Waals surface area contributed by atoms with Gasteiger partial charge in [0.2, 0.25) is 0 Å². The Balaban J connectivity index is 2.09. The standard InChI is InChI=1S/C21H16ClF3N2O4S/c1-31-20(28)15-7-9-17(10-8-15)32(29,30)27(13-14-5-3-2-4-6-14)19-18(22)11-16(12-26-19)21(23,24)25/h2-12H,13H2,1H3. The van der Waals surface area contributed by atoms with Gasteiger partial charge in [-0.25, -0.2) is 22.5 Å². The van der Waals surface area contributed by atoms with Gasteiger partial charge in [0.05, 0.1) is 34.7 Å². The summed E-state index contributed by atoms with van der Waals surface area (Å²) in [4.78, 5) is 15.1. The molecule has 3 rings (SSSR count). The van der Waals surface area contributed by atoms with Crippen molar-refractivity contribution in [2.75, 3.05) is 11.4 Å². The summed E-state index contributed by atoms with van der Waals surface area (Å²) in [6, 6.07) is 14.0. The van der Waals surface area contributed by atoms with Crippen molar-refractivity contribution >= 4 is 33.4 Å². The molecule has 0 radical (unpaired) electrons. The summed E-state index contributed by atoms with van der Waals surface area (Å²) < 4.78 is 71.3. The first-order chi connectivity index (χ1) is 15.0. The number of methoxy groups -OCH3 is 1. The lowest BCUT2D eigenvalue weighted by Crippen LogP contribution is -2.31. The lowest BCUT2D eigenvalue weighted by atomic mass is 10.2. The quantitative estimate of drug-likeness (QED) is 0.463. The number of pyridine rings is 1. The number of carbonyl (C=O) groups excluding carboxylic acids is 1. The molecule has 6 nitrogen and oxygen atoms in total. The van der Waals surface area contributed by atoms with E-state index in [0.717, 1.165) is 4.31 Å². The van der Waals surface area contributed by atoms with Gasteiger partial charge >= 0.3 is 12.1 Å². The molecule has 3 aromatic rings. The Labute approximate surface area is 187 Å². The number of ether oxygens (including phenoxy) is 1. The van der Waals surface area contributed by atoms with Gasteiger partial charge < -0.3 is 4.74 Å². The van der Waals surface area contributed by atoms with Gasteiger partial charge in [-0.2, -0.15) is 13.2 Å². The molecule has 0 spiro atoms. The fraction of sp³-hybridized carbons (Fsp3) is 0.143. The molecule has 0 unspecified atom stereocenters. The number of benzene rings is 2. The van der Waals surface area contributed by atoms with Gasteiger partial charge in [-0.05, 0) is 35.9 Å². The molecule has 168 valence electrons. The molecular weight excluding hydrogens is 469 g/mol. The van der Waals surface area contributed by atoms with E-state index in [1.54, 1.807) is 30.3 Å². The molecule has 0 saturated heterocycles. The number of hydrogen-bond donors (Lipinski definition) is 0. The Morgan fingerprint density at radius 3 is 2.25 bits per heavy atom. The van der Waals surface area contributed by atoms with Crippen molar-refractivity contribution < 1.29 is 31.1 Å². The summed E-state index contributed by atoms with van der Waals surface area (Å²) in [7, 11) is -3.13. The Morgan fingerprint density at radius 1 is 1.09 bits per heavy atom. The minimum absolute atomic E-state index is 0.131. The van der Waals surface area contributed by atoms with Crippen LogP contribution >= 0.6 is 11.6 Å². The summed E-state index contributed by atoms with van der Waals surface area (Å²) >= 11 is 6.05. The molecule has 0 aliphatic rings. The highest BCUT2D eigenvalue weighted by Gasteiger charge is 2.34. The predicted molar refractivity (Wildman–Crippen MR) is 112 cm³/mol. The van der Waals surface area contributed by atoms with E-state index in [1.165, 1.54) is 31.4 Å². The maximum absolute atomic E-state index is 13.4. The third-order valence-corrected chi connectivity index (χ3v) is 6.45. The van der Waals surface area contributed by atoms with Crippen molar-refractivity contribution in [1.29, 1.82) is 0 Å². The van der Waals surface area contributed by atoms with Gasteiger partial charge in [0.15, 0.2) is 5.82 Å². The normalized spacial score (nSPS) is 11.8. The fourth-order valence-corrected chi connectivity index (χ4v) is 4.55. The SMILES string of the molecule is COC(=O)c1ccc(S(=O)(=O)N(Cc2ccccc2)c2ncc(C(F)(F)F)cc2Cl)cc1. The first kappa shape index (κ1) is 23.6. The van der Waals surface area contributed by atoms with Gasteiger partial charge in [-0.1, -0.05) is 41.9 Å². The first-order valence-electron chi connectivity index (χ1n) is 9.02. The van der Waals surface area contributed by atoms with Crippen LogP contribution < -0.4 is 4.31 Å². The number of aromatic nitrogens is 1. The second-order valence-corrected chi connectivity index (χ2v) is 8.81. The Hall–Kier alpha value is -3.11. The summed E-state index contributed by atoms with van der Waals surface area (Å²) in [5.74, 6) is -1.01. The molecule has 0 bridgehead atoms. The summed E-state index contributed by atoms with van der Waals surface area (Å²) in [6.45, 7) is -0.236. The van der Waals surface area contributed by atoms with E-state index in [0.29, 0.717) is 17.8 Å². The lowest BCUT2D eigenvalue weighted by Gasteiger charge is -2.25. The number of nitrogens with zero attached hydrogens (tertiary/aromatic N) is 2. The molecule has 0 fully saturated rings. The molecule has 11 heteroatoms. The van der Waals surface area contributed by atoms with Crippen molar-refractivity contribution in [3.05, 3.63) is 88.6 Å². The Kier molecular flexibility index (Phi) is 6.75. The highest BCUT2D eigenvalue weighted by molar-refractivity contribution is 7.92. The van der Waals surface area contributed by atoms with Crippen LogP contribution in [0.1, 0.15) is 21.5 Å². The molecule has 32 heavy (non-hydrogen) atoms. The van der Waals surface area contributed by atoms with Crippen molar-refractivity contribution in [3.8, 4) is 0 Å². The summed E-state index contributed by atoms with van der Waals surface area (Å²) in [5, 5.41) is -0.481. The van der Waals surface area contributed by atoms with Crippen LogP contribution in [-0.2, 0) is 27.5 Å². The van der Waals surface area contributed by atoms with Crippen molar-refractivity contribution in [2.24, 2.45) is 0 Å². The zero-order chi connectivity index (χ0) is 23.5. The molecule has 0 N–H and O–H groups in total. The van der Waals surface area contributed by atoms with E-state index in [1.807, 2.05) is 0 Å². The molecule has 0 atom stereocenters. The molecule has 0 aliphatic carbocycles. The van der Waals surface area contributed by atoms with E-state index in [2.05, 4.69) is 9.72 Å². The van der Waals surface area contributed by atoms with Gasteiger partial charge in [-0.3, -0.25) is 0 Å². The average molecular weight is 485 g/mol. The van der Waals surface area contributed by atoms with Crippen LogP contribution in [0.5, 0.6) is 0 Å². The topological polar surface area (TPSA) is 76.6 Å². The van der Waals surface area contributed by atoms with E-state index in [-0.39, 0.29) is 22.8 Å². The van der Waals surface area contributed by atoms with Crippen LogP contribution in [0.25, 0.3) is 0 Å². The first-order valence-corrected chi connectivity index (χ1v) is 10.8. The number of halogens is 4. The molecule has 2 aromatic carbocycles. The van der Waals surface area contributed by atoms with E-state index >= 15 is 0 Å². The largest absolute Gasteiger partial charge is 0.465 e. The molecular formula is C21H16ClF3N2O4S. The summed E-state index contributed by atoms with van der Waals surface area (Å²) in [6.07, 6.45) is -4.17. The minimum atomic E-state index is -4.69. The highest BCUT2D eigenvalue weighted by Crippen LogP contribution is 2.35. The zero-order valence-corrected chi connectivity index (χ0v) is 18.1. The van der Waals surface area contributed by atoms with Crippen LogP contribution in [0, 0.1) is 0 Å². The second-order valence-electron chi connectivity index (χ2n) is 6.54. The van der Waals surface area contributed by atoms with Crippen LogP contribution in [0.2, 0.25) is 5.02 Å². The molecule has 1 heterocycles. The van der Waals surface area contributed by atoms with Crippen molar-refractivity contribution in [2.45, 2.75) is 17.6 Å². The van der Waals surface area contributed by atoms with Crippen LogP contribution in [0.15, 0.2) is 71.8 Å². The van der Waals surface area contributed by atoms with Crippen molar-refractivity contribution in [1.82, 2.24) is 4.98 Å². The minimum Gasteiger partial charge on any atom is -0.465 e. The molecule has 0 saturated carbocycles. The van der Waals surface area contributed by atoms with E-state index in [4.69, 9.17) is 11.6 Å². The Morgan fingerprint density at radius 2 is 1.72 bits per heavy atom. The van der Waals surface area contributed by atoms with Crippen LogP contribution in [0.4, 0.5) is 19.0 Å². The zero-order valence-electron chi connectivity index (χ0n) is 16.5. The van der Waals surface area contributed by atoms with E-state index in [9.17, 15) is 26.4 Å².